The Bertz CT molecular complexity index is 597. The molecule has 0 amide bonds. The smallest absolute Gasteiger partial charge is 0.133 e. The molecule has 0 bridgehead atoms. The van der Waals surface area contributed by atoms with Gasteiger partial charge in [0, 0.05) is 4.47 Å². The molecule has 0 saturated carbocycles. The Morgan fingerprint density at radius 1 is 1.00 bits per heavy atom. The maximum atomic E-state index is 10.4. The lowest BCUT2D eigenvalue weighted by molar-refractivity contribution is 0.220. The van der Waals surface area contributed by atoms with Crippen molar-refractivity contribution in [2.75, 3.05) is 7.11 Å². The van der Waals surface area contributed by atoms with Crippen LogP contribution in [0, 0.1) is 6.92 Å². The summed E-state index contributed by atoms with van der Waals surface area (Å²) in [6, 6.07) is 11.4. The Hall–Kier alpha value is -0.840. The van der Waals surface area contributed by atoms with Crippen LogP contribution in [-0.2, 0) is 0 Å². The highest BCUT2D eigenvalue weighted by Gasteiger charge is 2.13. The zero-order chi connectivity index (χ0) is 14.0. The fourth-order valence-electron chi connectivity index (χ4n) is 1.82. The second kappa shape index (κ2) is 6.07. The molecule has 4 heteroatoms. The van der Waals surface area contributed by atoms with E-state index in [1.807, 2.05) is 43.3 Å². The minimum absolute atomic E-state index is 0.654. The zero-order valence-electron chi connectivity index (χ0n) is 10.7. The number of aliphatic hydroxyl groups excluding tert-OH is 1. The van der Waals surface area contributed by atoms with E-state index in [-0.39, 0.29) is 0 Å². The number of benzene rings is 2. The molecular weight excluding hydrogens is 372 g/mol. The summed E-state index contributed by atoms with van der Waals surface area (Å²) < 4.78 is 7.01. The molecule has 1 atom stereocenters. The summed E-state index contributed by atoms with van der Waals surface area (Å²) >= 11 is 6.91. The molecule has 0 heterocycles. The van der Waals surface area contributed by atoms with Crippen LogP contribution < -0.4 is 4.74 Å². The molecule has 1 N–H and O–H groups in total. The van der Waals surface area contributed by atoms with Crippen molar-refractivity contribution < 1.29 is 9.84 Å². The Kier molecular flexibility index (Phi) is 4.66. The van der Waals surface area contributed by atoms with E-state index in [4.69, 9.17) is 4.74 Å². The van der Waals surface area contributed by atoms with E-state index < -0.39 is 6.10 Å². The molecule has 0 spiro atoms. The van der Waals surface area contributed by atoms with Gasteiger partial charge in [-0.2, -0.15) is 0 Å². The van der Waals surface area contributed by atoms with E-state index in [1.165, 1.54) is 0 Å². The standard InChI is InChI=1S/C15H14Br2O2/c1-9-3-4-10(7-12(9)16)15(18)11-5-6-14(19-2)13(17)8-11/h3-8,15,18H,1-2H3. The zero-order valence-corrected chi connectivity index (χ0v) is 13.8. The van der Waals surface area contributed by atoms with Crippen molar-refractivity contribution >= 4 is 31.9 Å². The molecule has 19 heavy (non-hydrogen) atoms. The predicted molar refractivity (Wildman–Crippen MR) is 83.6 cm³/mol. The minimum Gasteiger partial charge on any atom is -0.496 e. The summed E-state index contributed by atoms with van der Waals surface area (Å²) in [5, 5.41) is 10.4. The van der Waals surface area contributed by atoms with Crippen molar-refractivity contribution in [2.24, 2.45) is 0 Å². The first-order valence-corrected chi connectivity index (χ1v) is 7.39. The molecule has 2 aromatic carbocycles. The second-order valence-electron chi connectivity index (χ2n) is 4.31. The number of methoxy groups -OCH3 is 1. The Morgan fingerprint density at radius 3 is 2.11 bits per heavy atom. The lowest BCUT2D eigenvalue weighted by Crippen LogP contribution is -2.00. The monoisotopic (exact) mass is 384 g/mol. The molecule has 0 aliphatic rings. The fourth-order valence-corrected chi connectivity index (χ4v) is 2.78. The normalized spacial score (nSPS) is 12.3. The summed E-state index contributed by atoms with van der Waals surface area (Å²) in [5.74, 6) is 0.751. The molecule has 0 saturated heterocycles. The van der Waals surface area contributed by atoms with Crippen LogP contribution in [0.25, 0.3) is 0 Å². The minimum atomic E-state index is -0.654. The molecule has 2 aromatic rings. The van der Waals surface area contributed by atoms with Crippen LogP contribution in [0.5, 0.6) is 5.75 Å². The third-order valence-corrected chi connectivity index (χ3v) is 4.48. The van der Waals surface area contributed by atoms with Crippen molar-refractivity contribution in [2.45, 2.75) is 13.0 Å². The van der Waals surface area contributed by atoms with Crippen LogP contribution in [0.4, 0.5) is 0 Å². The maximum absolute atomic E-state index is 10.4. The van der Waals surface area contributed by atoms with Crippen LogP contribution in [0.3, 0.4) is 0 Å². The largest absolute Gasteiger partial charge is 0.496 e. The van der Waals surface area contributed by atoms with E-state index in [1.54, 1.807) is 7.11 Å². The SMILES string of the molecule is COc1ccc(C(O)c2ccc(C)c(Br)c2)cc1Br. The topological polar surface area (TPSA) is 29.5 Å². The number of aryl methyl sites for hydroxylation is 1. The lowest BCUT2D eigenvalue weighted by Gasteiger charge is -2.14. The summed E-state index contributed by atoms with van der Waals surface area (Å²) in [7, 11) is 1.62. The molecule has 1 unspecified atom stereocenters. The first-order valence-electron chi connectivity index (χ1n) is 5.80. The molecule has 0 radical (unpaired) electrons. The average Bonchev–Trinajstić information content (AvgIpc) is 2.41. The summed E-state index contributed by atoms with van der Waals surface area (Å²) in [6.07, 6.45) is -0.654. The summed E-state index contributed by atoms with van der Waals surface area (Å²) in [5.41, 5.74) is 2.82. The van der Waals surface area contributed by atoms with Crippen molar-refractivity contribution in [3.63, 3.8) is 0 Å². The number of rotatable bonds is 3. The fraction of sp³-hybridized carbons (Fsp3) is 0.200. The Morgan fingerprint density at radius 2 is 1.58 bits per heavy atom. The number of aliphatic hydroxyl groups is 1. The van der Waals surface area contributed by atoms with Gasteiger partial charge in [-0.25, -0.2) is 0 Å². The summed E-state index contributed by atoms with van der Waals surface area (Å²) in [4.78, 5) is 0. The van der Waals surface area contributed by atoms with Gasteiger partial charge >= 0.3 is 0 Å². The molecule has 2 rings (SSSR count). The van der Waals surface area contributed by atoms with Gasteiger partial charge in [-0.3, -0.25) is 0 Å². The van der Waals surface area contributed by atoms with Crippen molar-refractivity contribution in [1.29, 1.82) is 0 Å². The van der Waals surface area contributed by atoms with E-state index in [2.05, 4.69) is 31.9 Å². The first-order chi connectivity index (χ1) is 9.02. The Labute approximate surface area is 129 Å². The van der Waals surface area contributed by atoms with Crippen LogP contribution >= 0.6 is 31.9 Å². The molecule has 0 aromatic heterocycles. The van der Waals surface area contributed by atoms with E-state index in [0.717, 1.165) is 31.4 Å². The quantitative estimate of drug-likeness (QED) is 0.835. The van der Waals surface area contributed by atoms with E-state index >= 15 is 0 Å². The third-order valence-electron chi connectivity index (χ3n) is 3.00. The Balaban J connectivity index is 2.35. The average molecular weight is 386 g/mol. The molecule has 0 fully saturated rings. The van der Waals surface area contributed by atoms with E-state index in [9.17, 15) is 5.11 Å². The van der Waals surface area contributed by atoms with Crippen LogP contribution in [0.2, 0.25) is 0 Å². The number of hydrogen-bond acceptors (Lipinski definition) is 2. The van der Waals surface area contributed by atoms with Crippen LogP contribution in [0.15, 0.2) is 45.3 Å². The van der Waals surface area contributed by atoms with Gasteiger partial charge < -0.3 is 9.84 Å². The van der Waals surface area contributed by atoms with Crippen molar-refractivity contribution in [3.05, 3.63) is 62.0 Å². The van der Waals surface area contributed by atoms with Crippen LogP contribution in [0.1, 0.15) is 22.8 Å². The van der Waals surface area contributed by atoms with Crippen LogP contribution in [-0.4, -0.2) is 12.2 Å². The number of halogens is 2. The highest BCUT2D eigenvalue weighted by Crippen LogP contribution is 2.31. The van der Waals surface area contributed by atoms with Gasteiger partial charge in [-0.05, 0) is 57.7 Å². The summed E-state index contributed by atoms with van der Waals surface area (Å²) in [6.45, 7) is 2.02. The second-order valence-corrected chi connectivity index (χ2v) is 6.01. The molecule has 0 aliphatic carbocycles. The van der Waals surface area contributed by atoms with Gasteiger partial charge in [0.1, 0.15) is 11.9 Å². The lowest BCUT2D eigenvalue weighted by atomic mass is 10.0. The van der Waals surface area contributed by atoms with Crippen molar-refractivity contribution in [1.82, 2.24) is 0 Å². The highest BCUT2D eigenvalue weighted by molar-refractivity contribution is 9.10. The van der Waals surface area contributed by atoms with Gasteiger partial charge in [-0.15, -0.1) is 0 Å². The molecule has 0 aliphatic heterocycles. The van der Waals surface area contributed by atoms with Gasteiger partial charge in [0.15, 0.2) is 0 Å². The number of ether oxygens (including phenoxy) is 1. The first kappa shape index (κ1) is 14.6. The van der Waals surface area contributed by atoms with Gasteiger partial charge in [-0.1, -0.05) is 34.1 Å². The third kappa shape index (κ3) is 3.19. The highest BCUT2D eigenvalue weighted by atomic mass is 79.9. The number of hydrogen-bond donors (Lipinski definition) is 1. The van der Waals surface area contributed by atoms with Crippen molar-refractivity contribution in [3.8, 4) is 5.75 Å². The molecule has 100 valence electrons. The maximum Gasteiger partial charge on any atom is 0.133 e. The van der Waals surface area contributed by atoms with Gasteiger partial charge in [0.2, 0.25) is 0 Å². The molecule has 2 nitrogen and oxygen atoms in total. The van der Waals surface area contributed by atoms with Gasteiger partial charge in [0.25, 0.3) is 0 Å². The predicted octanol–water partition coefficient (Wildman–Crippen LogP) is 4.61. The molecular formula is C15H14Br2O2. The van der Waals surface area contributed by atoms with E-state index in [0.29, 0.717) is 0 Å². The van der Waals surface area contributed by atoms with Gasteiger partial charge in [0.05, 0.1) is 11.6 Å².